The van der Waals surface area contributed by atoms with Crippen LogP contribution in [0.2, 0.25) is 0 Å². The van der Waals surface area contributed by atoms with Crippen LogP contribution in [-0.4, -0.2) is 49.6 Å². The van der Waals surface area contributed by atoms with E-state index in [-0.39, 0.29) is 11.6 Å². The maximum absolute atomic E-state index is 11.7. The van der Waals surface area contributed by atoms with Crippen molar-refractivity contribution >= 4 is 11.7 Å². The highest BCUT2D eigenvalue weighted by molar-refractivity contribution is 5.92. The molecule has 0 bridgehead atoms. The molecule has 1 heterocycles. The number of nitrogens with one attached hydrogen (secondary N) is 2. The largest absolute Gasteiger partial charge is 0.382 e. The molecule has 8 nitrogen and oxygen atoms in total. The molecule has 19 heavy (non-hydrogen) atoms. The van der Waals surface area contributed by atoms with E-state index < -0.39 is 0 Å². The zero-order valence-electron chi connectivity index (χ0n) is 10.9. The van der Waals surface area contributed by atoms with Crippen molar-refractivity contribution in [1.29, 1.82) is 0 Å². The Bertz CT molecular complexity index is 371. The molecule has 0 saturated heterocycles. The molecule has 0 spiro atoms. The standard InChI is InChI=1S/C11H19N5O3/c1-18-7-8-19-6-2-5-13-11(17)9-3-4-10(14-12)16-15-9/h3-4H,2,5-8,12H2,1H3,(H,13,17)(H,14,16). The van der Waals surface area contributed by atoms with Crippen molar-refractivity contribution in [3.63, 3.8) is 0 Å². The topological polar surface area (TPSA) is 111 Å². The lowest BCUT2D eigenvalue weighted by Crippen LogP contribution is -2.26. The molecule has 0 aliphatic carbocycles. The Hall–Kier alpha value is -1.77. The zero-order chi connectivity index (χ0) is 13.9. The maximum Gasteiger partial charge on any atom is 0.271 e. The SMILES string of the molecule is COCCOCCCNC(=O)c1ccc(NN)nn1. The average molecular weight is 269 g/mol. The first kappa shape index (κ1) is 15.3. The summed E-state index contributed by atoms with van der Waals surface area (Å²) < 4.78 is 10.1. The number of hydrazine groups is 1. The van der Waals surface area contributed by atoms with E-state index in [1.54, 1.807) is 19.2 Å². The monoisotopic (exact) mass is 269 g/mol. The Morgan fingerprint density at radius 2 is 2.16 bits per heavy atom. The van der Waals surface area contributed by atoms with Crippen molar-refractivity contribution in [3.8, 4) is 0 Å². The number of hydrogen-bond acceptors (Lipinski definition) is 7. The Morgan fingerprint density at radius 3 is 2.79 bits per heavy atom. The fourth-order valence-corrected chi connectivity index (χ4v) is 1.24. The van der Waals surface area contributed by atoms with Crippen LogP contribution in [0.25, 0.3) is 0 Å². The van der Waals surface area contributed by atoms with Crippen LogP contribution in [-0.2, 0) is 9.47 Å². The van der Waals surface area contributed by atoms with Gasteiger partial charge in [-0.15, -0.1) is 10.2 Å². The molecule has 1 aromatic rings. The molecule has 8 heteroatoms. The second-order valence-electron chi connectivity index (χ2n) is 3.66. The number of hydrogen-bond donors (Lipinski definition) is 3. The number of anilines is 1. The highest BCUT2D eigenvalue weighted by Crippen LogP contribution is 1.99. The summed E-state index contributed by atoms with van der Waals surface area (Å²) in [5, 5.41) is 10.2. The first-order valence-corrected chi connectivity index (χ1v) is 5.93. The highest BCUT2D eigenvalue weighted by atomic mass is 16.5. The number of carbonyl (C=O) groups excluding carboxylic acids is 1. The number of aromatic nitrogens is 2. The van der Waals surface area contributed by atoms with E-state index in [1.807, 2.05) is 0 Å². The van der Waals surface area contributed by atoms with Gasteiger partial charge in [0.25, 0.3) is 5.91 Å². The lowest BCUT2D eigenvalue weighted by molar-refractivity contribution is 0.0688. The summed E-state index contributed by atoms with van der Waals surface area (Å²) in [6.45, 7) is 2.22. The first-order chi connectivity index (χ1) is 9.27. The molecule has 0 saturated carbocycles. The van der Waals surface area contributed by atoms with Crippen molar-refractivity contribution in [2.45, 2.75) is 6.42 Å². The number of nitrogen functional groups attached to an aromatic ring is 1. The number of carbonyl (C=O) groups is 1. The predicted octanol–water partition coefficient (Wildman–Crippen LogP) is -0.455. The van der Waals surface area contributed by atoms with Crippen LogP contribution in [0.1, 0.15) is 16.9 Å². The van der Waals surface area contributed by atoms with Crippen molar-refractivity contribution in [1.82, 2.24) is 15.5 Å². The summed E-state index contributed by atoms with van der Waals surface area (Å²) in [7, 11) is 1.62. The molecule has 0 aliphatic heterocycles. The fraction of sp³-hybridized carbons (Fsp3) is 0.545. The van der Waals surface area contributed by atoms with Crippen LogP contribution < -0.4 is 16.6 Å². The average Bonchev–Trinajstić information content (AvgIpc) is 2.46. The smallest absolute Gasteiger partial charge is 0.271 e. The molecule has 0 atom stereocenters. The van der Waals surface area contributed by atoms with E-state index in [4.69, 9.17) is 15.3 Å². The summed E-state index contributed by atoms with van der Waals surface area (Å²) in [6, 6.07) is 3.13. The minimum Gasteiger partial charge on any atom is -0.382 e. The second kappa shape index (κ2) is 9.20. The summed E-state index contributed by atoms with van der Waals surface area (Å²) in [5.41, 5.74) is 2.59. The van der Waals surface area contributed by atoms with Crippen LogP contribution >= 0.6 is 0 Å². The van der Waals surface area contributed by atoms with E-state index in [2.05, 4.69) is 20.9 Å². The summed E-state index contributed by atoms with van der Waals surface area (Å²) in [6.07, 6.45) is 0.728. The highest BCUT2D eigenvalue weighted by Gasteiger charge is 2.06. The molecule has 1 rings (SSSR count). The van der Waals surface area contributed by atoms with Gasteiger partial charge < -0.3 is 20.2 Å². The lowest BCUT2D eigenvalue weighted by atomic mass is 10.3. The van der Waals surface area contributed by atoms with Crippen LogP contribution in [0.5, 0.6) is 0 Å². The van der Waals surface area contributed by atoms with Gasteiger partial charge in [0.15, 0.2) is 11.5 Å². The van der Waals surface area contributed by atoms with E-state index >= 15 is 0 Å². The van der Waals surface area contributed by atoms with Gasteiger partial charge in [0, 0.05) is 20.3 Å². The van der Waals surface area contributed by atoms with Gasteiger partial charge in [0.2, 0.25) is 0 Å². The normalized spacial score (nSPS) is 10.2. The Balaban J connectivity index is 2.16. The minimum atomic E-state index is -0.270. The van der Waals surface area contributed by atoms with Gasteiger partial charge in [-0.3, -0.25) is 4.79 Å². The van der Waals surface area contributed by atoms with Gasteiger partial charge in [0.1, 0.15) is 0 Å². The van der Waals surface area contributed by atoms with Crippen molar-refractivity contribution in [2.75, 3.05) is 38.9 Å². The summed E-state index contributed by atoms with van der Waals surface area (Å²) in [5.74, 6) is 5.28. The van der Waals surface area contributed by atoms with E-state index in [1.165, 1.54) is 0 Å². The zero-order valence-corrected chi connectivity index (χ0v) is 10.9. The Labute approximate surface area is 111 Å². The predicted molar refractivity (Wildman–Crippen MR) is 69.5 cm³/mol. The van der Waals surface area contributed by atoms with Gasteiger partial charge in [-0.25, -0.2) is 5.84 Å². The van der Waals surface area contributed by atoms with Crippen molar-refractivity contribution in [2.24, 2.45) is 5.84 Å². The number of methoxy groups -OCH3 is 1. The number of nitrogens with zero attached hydrogens (tertiary/aromatic N) is 2. The number of rotatable bonds is 9. The molecular weight excluding hydrogens is 250 g/mol. The van der Waals surface area contributed by atoms with Gasteiger partial charge in [-0.1, -0.05) is 0 Å². The van der Waals surface area contributed by atoms with Crippen LogP contribution in [0, 0.1) is 0 Å². The van der Waals surface area contributed by atoms with Crippen molar-refractivity contribution < 1.29 is 14.3 Å². The van der Waals surface area contributed by atoms with E-state index in [9.17, 15) is 4.79 Å². The van der Waals surface area contributed by atoms with Crippen molar-refractivity contribution in [3.05, 3.63) is 17.8 Å². The molecule has 0 radical (unpaired) electrons. The molecular formula is C11H19N5O3. The molecule has 0 fully saturated rings. The van der Waals surface area contributed by atoms with Crippen LogP contribution in [0.4, 0.5) is 5.82 Å². The second-order valence-corrected chi connectivity index (χ2v) is 3.66. The molecule has 0 aromatic carbocycles. The van der Waals surface area contributed by atoms with E-state index in [0.29, 0.717) is 32.2 Å². The Kier molecular flexibility index (Phi) is 7.40. The molecule has 0 aliphatic rings. The first-order valence-electron chi connectivity index (χ1n) is 5.93. The third-order valence-electron chi connectivity index (χ3n) is 2.23. The molecule has 1 aromatic heterocycles. The van der Waals surface area contributed by atoms with E-state index in [0.717, 1.165) is 6.42 Å². The summed E-state index contributed by atoms with van der Waals surface area (Å²) in [4.78, 5) is 11.7. The molecule has 1 amide bonds. The van der Waals surface area contributed by atoms with Gasteiger partial charge >= 0.3 is 0 Å². The maximum atomic E-state index is 11.7. The van der Waals surface area contributed by atoms with Gasteiger partial charge in [-0.2, -0.15) is 0 Å². The minimum absolute atomic E-state index is 0.249. The molecule has 0 unspecified atom stereocenters. The lowest BCUT2D eigenvalue weighted by Gasteiger charge is -2.05. The van der Waals surface area contributed by atoms with Crippen LogP contribution in [0.3, 0.4) is 0 Å². The van der Waals surface area contributed by atoms with Crippen LogP contribution in [0.15, 0.2) is 12.1 Å². The quantitative estimate of drug-likeness (QED) is 0.316. The third kappa shape index (κ3) is 6.09. The van der Waals surface area contributed by atoms with Gasteiger partial charge in [0.05, 0.1) is 13.2 Å². The number of amides is 1. The number of ether oxygens (including phenoxy) is 2. The third-order valence-corrected chi connectivity index (χ3v) is 2.23. The number of nitrogens with two attached hydrogens (primary N) is 1. The molecule has 4 N–H and O–H groups in total. The fourth-order valence-electron chi connectivity index (χ4n) is 1.24. The molecule has 106 valence electrons. The van der Waals surface area contributed by atoms with Gasteiger partial charge in [-0.05, 0) is 18.6 Å². The Morgan fingerprint density at radius 1 is 1.32 bits per heavy atom. The summed E-state index contributed by atoms with van der Waals surface area (Å²) >= 11 is 0.